The maximum Gasteiger partial charge on any atom is 0.255 e. The van der Waals surface area contributed by atoms with Gasteiger partial charge >= 0.3 is 0 Å². The van der Waals surface area contributed by atoms with Crippen LogP contribution in [0.2, 0.25) is 0 Å². The highest BCUT2D eigenvalue weighted by Crippen LogP contribution is 2.26. The third-order valence-corrected chi connectivity index (χ3v) is 3.99. The number of carbonyl (C=O) groups is 2. The summed E-state index contributed by atoms with van der Waals surface area (Å²) >= 11 is 0. The van der Waals surface area contributed by atoms with Crippen molar-refractivity contribution >= 4 is 29.9 Å². The van der Waals surface area contributed by atoms with Crippen LogP contribution in [0.15, 0.2) is 34.9 Å². The van der Waals surface area contributed by atoms with Crippen LogP contribution in [0.25, 0.3) is 0 Å². The van der Waals surface area contributed by atoms with E-state index in [1.54, 1.807) is 6.07 Å². The van der Waals surface area contributed by atoms with E-state index < -0.39 is 0 Å². The number of carbonyl (C=O) groups excluding carboxylic acids is 2. The van der Waals surface area contributed by atoms with Gasteiger partial charge in [0.2, 0.25) is 5.91 Å². The molecule has 2 aromatic rings. The van der Waals surface area contributed by atoms with Crippen LogP contribution < -0.4 is 16.4 Å². The van der Waals surface area contributed by atoms with Crippen molar-refractivity contribution in [1.29, 1.82) is 0 Å². The first-order chi connectivity index (χ1) is 11.1. The number of amides is 2. The molecular weight excluding hydrogens is 330 g/mol. The van der Waals surface area contributed by atoms with Gasteiger partial charge < -0.3 is 20.8 Å². The maximum atomic E-state index is 12.2. The summed E-state index contributed by atoms with van der Waals surface area (Å²) in [6.45, 7) is 2.18. The van der Waals surface area contributed by atoms with Gasteiger partial charge in [-0.3, -0.25) is 9.59 Å². The van der Waals surface area contributed by atoms with E-state index in [0.29, 0.717) is 17.7 Å². The summed E-state index contributed by atoms with van der Waals surface area (Å²) in [6, 6.07) is 7.32. The molecule has 24 heavy (non-hydrogen) atoms. The number of benzene rings is 1. The fourth-order valence-corrected chi connectivity index (χ4v) is 2.64. The van der Waals surface area contributed by atoms with Crippen LogP contribution in [0.1, 0.15) is 46.6 Å². The quantitative estimate of drug-likeness (QED) is 0.790. The van der Waals surface area contributed by atoms with Crippen LogP contribution in [0.5, 0.6) is 0 Å². The first kappa shape index (κ1) is 18.0. The number of anilines is 1. The number of hydrogen-bond donors (Lipinski definition) is 3. The molecule has 1 aliphatic heterocycles. The number of hydrogen-bond acceptors (Lipinski definition) is 4. The zero-order valence-electron chi connectivity index (χ0n) is 13.3. The minimum Gasteiger partial charge on any atom is -0.467 e. The minimum atomic E-state index is -0.202. The Kier molecular flexibility index (Phi) is 5.64. The van der Waals surface area contributed by atoms with Crippen LogP contribution >= 0.6 is 12.4 Å². The normalized spacial score (nSPS) is 14.2. The molecule has 0 bridgehead atoms. The van der Waals surface area contributed by atoms with Crippen molar-refractivity contribution in [2.24, 2.45) is 5.73 Å². The maximum absolute atomic E-state index is 12.2. The van der Waals surface area contributed by atoms with E-state index in [1.165, 1.54) is 6.26 Å². The molecule has 1 unspecified atom stereocenters. The zero-order chi connectivity index (χ0) is 16.4. The molecule has 128 valence electrons. The summed E-state index contributed by atoms with van der Waals surface area (Å²) < 4.78 is 5.18. The number of halogens is 1. The highest BCUT2D eigenvalue weighted by molar-refractivity contribution is 5.95. The van der Waals surface area contributed by atoms with Gasteiger partial charge in [0.15, 0.2) is 0 Å². The summed E-state index contributed by atoms with van der Waals surface area (Å²) in [7, 11) is 0. The molecule has 7 heteroatoms. The Labute approximate surface area is 146 Å². The Morgan fingerprint density at radius 3 is 2.88 bits per heavy atom. The van der Waals surface area contributed by atoms with Gasteiger partial charge in [-0.15, -0.1) is 12.4 Å². The first-order valence-corrected chi connectivity index (χ1v) is 7.58. The monoisotopic (exact) mass is 349 g/mol. The van der Waals surface area contributed by atoms with Crippen molar-refractivity contribution in [2.75, 3.05) is 5.32 Å². The van der Waals surface area contributed by atoms with Crippen molar-refractivity contribution in [3.05, 3.63) is 53.0 Å². The molecule has 0 saturated carbocycles. The standard InChI is InChI=1S/C17H19N3O3.ClH/c1-10(19-17(22)13-7-14(8-18)23-9-13)11-2-4-15-12(6-11)3-5-16(21)20-15;/h2,4,6-7,9-10H,3,5,8,18H2,1H3,(H,19,22)(H,20,21);1H. The number of aryl methyl sites for hydroxylation is 1. The topological polar surface area (TPSA) is 97.4 Å². The van der Waals surface area contributed by atoms with E-state index in [9.17, 15) is 9.59 Å². The molecule has 1 atom stereocenters. The Morgan fingerprint density at radius 2 is 2.17 bits per heavy atom. The molecule has 0 saturated heterocycles. The van der Waals surface area contributed by atoms with E-state index in [1.807, 2.05) is 25.1 Å². The van der Waals surface area contributed by atoms with Gasteiger partial charge in [0.05, 0.1) is 18.2 Å². The van der Waals surface area contributed by atoms with Crippen molar-refractivity contribution in [3.63, 3.8) is 0 Å². The third-order valence-electron chi connectivity index (χ3n) is 3.99. The van der Waals surface area contributed by atoms with Crippen molar-refractivity contribution in [3.8, 4) is 0 Å². The van der Waals surface area contributed by atoms with E-state index in [0.717, 1.165) is 23.2 Å². The Balaban J connectivity index is 0.00000208. The molecule has 0 aliphatic carbocycles. The highest BCUT2D eigenvalue weighted by atomic mass is 35.5. The third kappa shape index (κ3) is 3.77. The summed E-state index contributed by atoms with van der Waals surface area (Å²) in [4.78, 5) is 23.6. The molecule has 1 aromatic carbocycles. The summed E-state index contributed by atoms with van der Waals surface area (Å²) in [6.07, 6.45) is 2.62. The molecule has 1 aromatic heterocycles. The van der Waals surface area contributed by atoms with Crippen LogP contribution in [0.4, 0.5) is 5.69 Å². The zero-order valence-corrected chi connectivity index (χ0v) is 14.1. The molecule has 0 spiro atoms. The van der Waals surface area contributed by atoms with Gasteiger partial charge in [-0.2, -0.15) is 0 Å². The SMILES string of the molecule is CC(NC(=O)c1coc(CN)c1)c1ccc2c(c1)CCC(=O)N2.Cl. The predicted octanol–water partition coefficient (Wildman–Crippen LogP) is 2.54. The van der Waals surface area contributed by atoms with E-state index in [4.69, 9.17) is 10.2 Å². The number of fused-ring (bicyclic) bond motifs is 1. The Hall–Kier alpha value is -2.31. The second-order valence-electron chi connectivity index (χ2n) is 5.67. The minimum absolute atomic E-state index is 0. The van der Waals surface area contributed by atoms with Gasteiger partial charge in [-0.05, 0) is 36.6 Å². The molecule has 0 fully saturated rings. The van der Waals surface area contributed by atoms with Gasteiger partial charge in [-0.1, -0.05) is 12.1 Å². The number of furan rings is 1. The lowest BCUT2D eigenvalue weighted by molar-refractivity contribution is -0.116. The first-order valence-electron chi connectivity index (χ1n) is 7.58. The van der Waals surface area contributed by atoms with E-state index in [-0.39, 0.29) is 36.8 Å². The average molecular weight is 350 g/mol. The van der Waals surface area contributed by atoms with Crippen molar-refractivity contribution in [1.82, 2.24) is 5.32 Å². The van der Waals surface area contributed by atoms with Gasteiger partial charge in [0.25, 0.3) is 5.91 Å². The largest absolute Gasteiger partial charge is 0.467 e. The fourth-order valence-electron chi connectivity index (χ4n) is 2.64. The average Bonchev–Trinajstić information content (AvgIpc) is 3.03. The van der Waals surface area contributed by atoms with Crippen molar-refractivity contribution in [2.45, 2.75) is 32.4 Å². The molecule has 2 heterocycles. The summed E-state index contributed by atoms with van der Waals surface area (Å²) in [5, 5.41) is 5.79. The Morgan fingerprint density at radius 1 is 1.38 bits per heavy atom. The lowest BCUT2D eigenvalue weighted by atomic mass is 9.97. The molecule has 1 aliphatic rings. The van der Waals surface area contributed by atoms with Crippen molar-refractivity contribution < 1.29 is 14.0 Å². The number of rotatable bonds is 4. The van der Waals surface area contributed by atoms with Gasteiger partial charge in [0, 0.05) is 12.1 Å². The van der Waals surface area contributed by atoms with E-state index in [2.05, 4.69) is 10.6 Å². The molecule has 4 N–H and O–H groups in total. The van der Waals surface area contributed by atoms with E-state index >= 15 is 0 Å². The smallest absolute Gasteiger partial charge is 0.255 e. The van der Waals surface area contributed by atoms with Crippen LogP contribution in [0, 0.1) is 0 Å². The summed E-state index contributed by atoms with van der Waals surface area (Å²) in [5.74, 6) is 0.418. The molecule has 6 nitrogen and oxygen atoms in total. The highest BCUT2D eigenvalue weighted by Gasteiger charge is 2.18. The number of nitrogens with one attached hydrogen (secondary N) is 2. The molecular formula is C17H20ClN3O3. The van der Waals surface area contributed by atoms with Crippen LogP contribution in [-0.4, -0.2) is 11.8 Å². The lowest BCUT2D eigenvalue weighted by Crippen LogP contribution is -2.26. The lowest BCUT2D eigenvalue weighted by Gasteiger charge is -2.20. The van der Waals surface area contributed by atoms with Gasteiger partial charge in [-0.25, -0.2) is 0 Å². The second kappa shape index (κ2) is 7.51. The Bertz CT molecular complexity index is 757. The van der Waals surface area contributed by atoms with Crippen LogP contribution in [-0.2, 0) is 17.8 Å². The second-order valence-corrected chi connectivity index (χ2v) is 5.67. The molecule has 3 rings (SSSR count). The molecule has 0 radical (unpaired) electrons. The summed E-state index contributed by atoms with van der Waals surface area (Å²) in [5.41, 5.74) is 8.88. The predicted molar refractivity (Wildman–Crippen MR) is 93.1 cm³/mol. The fraction of sp³-hybridized carbons (Fsp3) is 0.294. The van der Waals surface area contributed by atoms with Gasteiger partial charge in [0.1, 0.15) is 12.0 Å². The number of nitrogens with two attached hydrogens (primary N) is 1. The van der Waals surface area contributed by atoms with Crippen LogP contribution in [0.3, 0.4) is 0 Å². The molecule has 2 amide bonds.